The average Bonchev–Trinajstić information content (AvgIpc) is 3.02. The number of nitro benzene ring substituents is 1. The molecular weight excluding hydrogens is 630 g/mol. The summed E-state index contributed by atoms with van der Waals surface area (Å²) in [5.41, 5.74) is 4.65. The van der Waals surface area contributed by atoms with Crippen molar-refractivity contribution < 1.29 is 24.0 Å². The summed E-state index contributed by atoms with van der Waals surface area (Å²) in [7, 11) is 3.82. The molecule has 0 unspecified atom stereocenters. The van der Waals surface area contributed by atoms with Gasteiger partial charge in [-0.3, -0.25) is 19.7 Å². The lowest BCUT2D eigenvalue weighted by atomic mass is 10.1. The van der Waals surface area contributed by atoms with Crippen molar-refractivity contribution in [3.8, 4) is 5.75 Å². The number of hydrogen-bond donors (Lipinski definition) is 2. The molecule has 0 fully saturated rings. The summed E-state index contributed by atoms with van der Waals surface area (Å²) in [6.07, 6.45) is 2.81. The Morgan fingerprint density at radius 3 is 2.23 bits per heavy atom. The Morgan fingerprint density at radius 1 is 0.909 bits per heavy atom. The second-order valence-corrected chi connectivity index (χ2v) is 10.4. The van der Waals surface area contributed by atoms with Gasteiger partial charge in [0, 0.05) is 47.5 Å². The van der Waals surface area contributed by atoms with Crippen molar-refractivity contribution in [3.63, 3.8) is 0 Å². The van der Waals surface area contributed by atoms with Crippen molar-refractivity contribution >= 4 is 57.4 Å². The zero-order valence-corrected chi connectivity index (χ0v) is 25.1. The maximum absolute atomic E-state index is 13.2. The maximum atomic E-state index is 13.2. The highest BCUT2D eigenvalue weighted by Gasteiger charge is 2.16. The van der Waals surface area contributed by atoms with Crippen LogP contribution in [0.15, 0.2) is 112 Å². The van der Waals surface area contributed by atoms with Crippen LogP contribution in [0.1, 0.15) is 31.8 Å². The van der Waals surface area contributed by atoms with Gasteiger partial charge in [-0.15, -0.1) is 0 Å². The molecule has 0 aromatic heterocycles. The summed E-state index contributed by atoms with van der Waals surface area (Å²) in [5.74, 6) is -1.78. The van der Waals surface area contributed by atoms with Crippen LogP contribution >= 0.6 is 15.9 Å². The first kappa shape index (κ1) is 31.3. The van der Waals surface area contributed by atoms with Crippen LogP contribution in [-0.2, 0) is 4.79 Å². The zero-order valence-electron chi connectivity index (χ0n) is 23.6. The molecule has 11 nitrogen and oxygen atoms in total. The molecule has 0 heterocycles. The van der Waals surface area contributed by atoms with Crippen LogP contribution in [-0.4, -0.2) is 43.0 Å². The number of anilines is 1. The van der Waals surface area contributed by atoms with Crippen molar-refractivity contribution in [1.82, 2.24) is 10.7 Å². The number of non-ortho nitro benzene ring substituents is 1. The van der Waals surface area contributed by atoms with Gasteiger partial charge in [0.2, 0.25) is 0 Å². The fraction of sp³-hybridized carbons (Fsp3) is 0.0625. The van der Waals surface area contributed by atoms with Gasteiger partial charge < -0.3 is 15.0 Å². The topological polar surface area (TPSA) is 143 Å². The molecule has 0 aliphatic heterocycles. The fourth-order valence-electron chi connectivity index (χ4n) is 3.79. The third kappa shape index (κ3) is 8.46. The van der Waals surface area contributed by atoms with Crippen LogP contribution in [0.25, 0.3) is 6.08 Å². The lowest BCUT2D eigenvalue weighted by molar-refractivity contribution is -0.384. The van der Waals surface area contributed by atoms with Gasteiger partial charge in [0.25, 0.3) is 17.5 Å². The molecule has 2 amide bonds. The molecule has 0 saturated carbocycles. The van der Waals surface area contributed by atoms with Gasteiger partial charge in [0.05, 0.1) is 16.7 Å². The van der Waals surface area contributed by atoms with Gasteiger partial charge in [-0.05, 0) is 66.2 Å². The van der Waals surface area contributed by atoms with Gasteiger partial charge in [-0.2, -0.15) is 5.10 Å². The Hall–Kier alpha value is -5.62. The third-order valence-corrected chi connectivity index (χ3v) is 6.60. The zero-order chi connectivity index (χ0) is 31.6. The molecule has 0 saturated heterocycles. The van der Waals surface area contributed by atoms with Crippen molar-refractivity contribution in [2.75, 3.05) is 19.0 Å². The Kier molecular flexibility index (Phi) is 10.3. The molecule has 0 spiro atoms. The number of carbonyl (C=O) groups is 3. The molecule has 44 heavy (non-hydrogen) atoms. The van der Waals surface area contributed by atoms with E-state index in [4.69, 9.17) is 4.74 Å². The summed E-state index contributed by atoms with van der Waals surface area (Å²) >= 11 is 3.36. The monoisotopic (exact) mass is 655 g/mol. The van der Waals surface area contributed by atoms with Gasteiger partial charge in [-0.1, -0.05) is 46.3 Å². The lowest BCUT2D eigenvalue weighted by Gasteiger charge is -2.13. The van der Waals surface area contributed by atoms with Crippen LogP contribution in [0.4, 0.5) is 11.4 Å². The standard InChI is InChI=1S/C32H26BrN5O6/c1-37(2)26-13-8-21(9-14-26)18-28(35-30(39)22-6-4-3-5-7-22)31(40)36-34-20-24-19-25(33)12-17-29(24)44-32(41)23-10-15-27(16-11-23)38(42)43/h3-20H,1-2H3,(H,35,39)(H,36,40)/b28-18+,34-20-. The van der Waals surface area contributed by atoms with Crippen molar-refractivity contribution in [2.45, 2.75) is 0 Å². The predicted molar refractivity (Wildman–Crippen MR) is 171 cm³/mol. The number of halogens is 1. The molecule has 4 rings (SSSR count). The maximum Gasteiger partial charge on any atom is 0.343 e. The normalized spacial score (nSPS) is 11.1. The Balaban J connectivity index is 1.53. The molecule has 4 aromatic rings. The van der Waals surface area contributed by atoms with E-state index in [9.17, 15) is 24.5 Å². The van der Waals surface area contributed by atoms with Gasteiger partial charge >= 0.3 is 5.97 Å². The molecule has 0 aliphatic rings. The lowest BCUT2D eigenvalue weighted by Crippen LogP contribution is -2.32. The number of nitrogens with one attached hydrogen (secondary N) is 2. The summed E-state index contributed by atoms with van der Waals surface area (Å²) in [4.78, 5) is 51.0. The van der Waals surface area contributed by atoms with Crippen LogP contribution in [0.2, 0.25) is 0 Å². The summed E-state index contributed by atoms with van der Waals surface area (Å²) in [6.45, 7) is 0. The number of ether oxygens (including phenoxy) is 1. The highest BCUT2D eigenvalue weighted by atomic mass is 79.9. The Labute approximate surface area is 261 Å². The molecule has 222 valence electrons. The molecule has 0 aliphatic carbocycles. The molecular formula is C32H26BrN5O6. The average molecular weight is 656 g/mol. The second kappa shape index (κ2) is 14.5. The number of esters is 1. The number of nitro groups is 1. The quantitative estimate of drug-likeness (QED) is 0.0568. The first-order valence-corrected chi connectivity index (χ1v) is 13.8. The van der Waals surface area contributed by atoms with Gasteiger partial charge in [0.1, 0.15) is 11.4 Å². The third-order valence-electron chi connectivity index (χ3n) is 6.11. The SMILES string of the molecule is CN(C)c1ccc(/C=C(/NC(=O)c2ccccc2)C(=O)N/N=C\c2cc(Br)ccc2OC(=O)c2ccc([N+](=O)[O-])cc2)cc1. The van der Waals surface area contributed by atoms with Crippen LogP contribution in [0.5, 0.6) is 5.75 Å². The summed E-state index contributed by atoms with van der Waals surface area (Å²) < 4.78 is 6.14. The highest BCUT2D eigenvalue weighted by molar-refractivity contribution is 9.10. The number of carbonyl (C=O) groups excluding carboxylic acids is 3. The first-order valence-electron chi connectivity index (χ1n) is 13.1. The van der Waals surface area contributed by atoms with E-state index in [1.165, 1.54) is 42.6 Å². The molecule has 4 aromatic carbocycles. The molecule has 0 bridgehead atoms. The number of hydrazone groups is 1. The Bertz CT molecular complexity index is 1740. The van der Waals surface area contributed by atoms with E-state index in [1.807, 2.05) is 43.3 Å². The predicted octanol–water partition coefficient (Wildman–Crippen LogP) is 5.56. The molecule has 0 radical (unpaired) electrons. The van der Waals surface area contributed by atoms with E-state index in [1.54, 1.807) is 42.5 Å². The van der Waals surface area contributed by atoms with Crippen LogP contribution < -0.4 is 20.4 Å². The number of hydrogen-bond acceptors (Lipinski definition) is 8. The second-order valence-electron chi connectivity index (χ2n) is 9.44. The van der Waals surface area contributed by atoms with E-state index in [2.05, 4.69) is 31.8 Å². The largest absolute Gasteiger partial charge is 0.422 e. The van der Waals surface area contributed by atoms with Crippen LogP contribution in [0, 0.1) is 10.1 Å². The minimum Gasteiger partial charge on any atom is -0.422 e. The highest BCUT2D eigenvalue weighted by Crippen LogP contribution is 2.23. The molecule has 0 atom stereocenters. The minimum atomic E-state index is -0.741. The van der Waals surface area contributed by atoms with E-state index < -0.39 is 22.7 Å². The molecule has 2 N–H and O–H groups in total. The number of amides is 2. The first-order chi connectivity index (χ1) is 21.1. The smallest absolute Gasteiger partial charge is 0.343 e. The molecule has 12 heteroatoms. The van der Waals surface area contributed by atoms with E-state index in [-0.39, 0.29) is 22.7 Å². The summed E-state index contributed by atoms with van der Waals surface area (Å²) in [5, 5.41) is 17.6. The van der Waals surface area contributed by atoms with Crippen LogP contribution in [0.3, 0.4) is 0 Å². The Morgan fingerprint density at radius 2 is 1.59 bits per heavy atom. The van der Waals surface area contributed by atoms with Gasteiger partial charge in [-0.25, -0.2) is 10.2 Å². The minimum absolute atomic E-state index is 0.0485. The van der Waals surface area contributed by atoms with E-state index >= 15 is 0 Å². The number of rotatable bonds is 10. The number of benzene rings is 4. The van der Waals surface area contributed by atoms with Crippen molar-refractivity contribution in [3.05, 3.63) is 140 Å². The number of nitrogens with zero attached hydrogens (tertiary/aromatic N) is 3. The van der Waals surface area contributed by atoms with Gasteiger partial charge in [0.15, 0.2) is 0 Å². The fourth-order valence-corrected chi connectivity index (χ4v) is 4.17. The summed E-state index contributed by atoms with van der Waals surface area (Å²) in [6, 6.07) is 25.6. The van der Waals surface area contributed by atoms with E-state index in [0.717, 1.165) is 5.69 Å². The van der Waals surface area contributed by atoms with E-state index in [0.29, 0.717) is 21.2 Å². The van der Waals surface area contributed by atoms with Crippen molar-refractivity contribution in [2.24, 2.45) is 5.10 Å². The van der Waals surface area contributed by atoms with Crippen molar-refractivity contribution in [1.29, 1.82) is 0 Å².